The summed E-state index contributed by atoms with van der Waals surface area (Å²) in [6.07, 6.45) is 3.21. The molecule has 43 heavy (non-hydrogen) atoms. The average molecular weight is 553 g/mol. The molecule has 0 amide bonds. The molecule has 1 aliphatic heterocycles. The first-order valence-corrected chi connectivity index (χ1v) is 14.4. The molecule has 0 spiro atoms. The molecule has 0 saturated carbocycles. The number of furan rings is 1. The number of nitrogens with one attached hydrogen (secondary N) is 1. The molecular weight excluding hydrogens is 528 g/mol. The van der Waals surface area contributed by atoms with Crippen molar-refractivity contribution >= 4 is 65.9 Å². The first kappa shape index (κ1) is 23.9. The Bertz CT molecular complexity index is 2440. The van der Waals surface area contributed by atoms with Crippen LogP contribution in [0.2, 0.25) is 0 Å². The highest BCUT2D eigenvalue weighted by atomic mass is 16.3. The third-order valence-corrected chi connectivity index (χ3v) is 8.38. The van der Waals surface area contributed by atoms with Gasteiger partial charge in [-0.15, -0.1) is 0 Å². The molecule has 0 saturated heterocycles. The van der Waals surface area contributed by atoms with E-state index >= 15 is 0 Å². The van der Waals surface area contributed by atoms with Gasteiger partial charge in [-0.25, -0.2) is 9.98 Å². The van der Waals surface area contributed by atoms with Crippen molar-refractivity contribution in [1.82, 2.24) is 10.3 Å². The lowest BCUT2D eigenvalue weighted by Crippen LogP contribution is -2.36. The third kappa shape index (κ3) is 3.75. The van der Waals surface area contributed by atoms with Crippen molar-refractivity contribution in [1.29, 1.82) is 0 Å². The van der Waals surface area contributed by atoms with Crippen molar-refractivity contribution in [2.45, 2.75) is 6.17 Å². The van der Waals surface area contributed by atoms with Crippen molar-refractivity contribution in [2.75, 3.05) is 0 Å². The summed E-state index contributed by atoms with van der Waals surface area (Å²) in [4.78, 5) is 14.9. The van der Waals surface area contributed by atoms with Crippen LogP contribution in [-0.4, -0.2) is 16.7 Å². The maximum Gasteiger partial charge on any atom is 0.169 e. The van der Waals surface area contributed by atoms with Gasteiger partial charge in [0.1, 0.15) is 17.3 Å². The van der Waals surface area contributed by atoms with E-state index in [-0.39, 0.29) is 0 Å². The summed E-state index contributed by atoms with van der Waals surface area (Å²) in [7, 11) is 0. The monoisotopic (exact) mass is 552 g/mol. The van der Waals surface area contributed by atoms with Gasteiger partial charge >= 0.3 is 0 Å². The van der Waals surface area contributed by atoms with Gasteiger partial charge in [0, 0.05) is 28.1 Å². The quantitative estimate of drug-likeness (QED) is 0.223. The Hall–Kier alpha value is -5.81. The number of nitrogens with zero attached hydrogens (tertiary/aromatic N) is 3. The summed E-state index contributed by atoms with van der Waals surface area (Å²) in [5.41, 5.74) is 4.49. The fraction of sp³-hybridized carbons (Fsp3) is 0.0263. The van der Waals surface area contributed by atoms with Crippen LogP contribution in [0, 0.1) is 0 Å². The van der Waals surface area contributed by atoms with Crippen LogP contribution in [0.3, 0.4) is 0 Å². The topological polar surface area (TPSA) is 62.8 Å². The second-order valence-corrected chi connectivity index (χ2v) is 10.9. The number of hydrogen-bond acceptors (Lipinski definition) is 5. The van der Waals surface area contributed by atoms with Crippen molar-refractivity contribution in [2.24, 2.45) is 9.98 Å². The maximum absolute atomic E-state index is 6.17. The number of aliphatic imine (C=N–C) groups is 2. The van der Waals surface area contributed by atoms with Crippen molar-refractivity contribution < 1.29 is 4.42 Å². The largest absolute Gasteiger partial charge is 0.454 e. The van der Waals surface area contributed by atoms with Gasteiger partial charge in [0.15, 0.2) is 11.7 Å². The van der Waals surface area contributed by atoms with Crippen LogP contribution in [-0.2, 0) is 0 Å². The summed E-state index contributed by atoms with van der Waals surface area (Å²) in [5.74, 6) is 1.49. The smallest absolute Gasteiger partial charge is 0.169 e. The van der Waals surface area contributed by atoms with Crippen LogP contribution in [0.5, 0.6) is 0 Å². The minimum atomic E-state index is -0.424. The van der Waals surface area contributed by atoms with Gasteiger partial charge in [-0.2, -0.15) is 0 Å². The van der Waals surface area contributed by atoms with Gasteiger partial charge in [-0.1, -0.05) is 109 Å². The van der Waals surface area contributed by atoms with E-state index in [4.69, 9.17) is 14.4 Å². The van der Waals surface area contributed by atoms with Gasteiger partial charge in [-0.05, 0) is 50.0 Å². The van der Waals surface area contributed by atoms with Crippen molar-refractivity contribution in [3.63, 3.8) is 0 Å². The molecule has 0 bridgehead atoms. The second kappa shape index (κ2) is 9.36. The van der Waals surface area contributed by atoms with E-state index in [0.29, 0.717) is 5.84 Å². The van der Waals surface area contributed by atoms with Gasteiger partial charge in [0.25, 0.3) is 0 Å². The van der Waals surface area contributed by atoms with E-state index in [1.54, 1.807) is 6.20 Å². The minimum absolute atomic E-state index is 0.424. The molecule has 9 rings (SSSR count). The highest BCUT2D eigenvalue weighted by molar-refractivity contribution is 6.29. The van der Waals surface area contributed by atoms with E-state index in [1.165, 1.54) is 26.9 Å². The number of benzene rings is 6. The predicted octanol–water partition coefficient (Wildman–Crippen LogP) is 8.94. The van der Waals surface area contributed by atoms with E-state index < -0.39 is 6.17 Å². The zero-order valence-corrected chi connectivity index (χ0v) is 23.0. The van der Waals surface area contributed by atoms with Gasteiger partial charge in [0.05, 0.1) is 6.20 Å². The number of pyridine rings is 1. The van der Waals surface area contributed by atoms with Crippen LogP contribution in [0.25, 0.3) is 54.3 Å². The lowest BCUT2D eigenvalue weighted by atomic mass is 9.92. The standard InChI is InChI=1S/C38H24N4O/c1-2-11-24(12-3-1)36-40-37(42-38(41-36)31-21-39-22-33-35(31)29-16-8-9-17-32(29)43-33)30-20-25-19-18-23-10-4-5-13-26(23)34(25)28-15-7-6-14-27(28)30/h1-22,36H,(H,40,41,42). The minimum Gasteiger partial charge on any atom is -0.454 e. The molecule has 6 aromatic carbocycles. The number of rotatable bonds is 3. The van der Waals surface area contributed by atoms with Crippen LogP contribution in [0.1, 0.15) is 22.9 Å². The second-order valence-electron chi connectivity index (χ2n) is 10.9. The SMILES string of the molecule is c1ccc(C2N=C(c3cc4ccc5ccccc5c4c4ccccc34)NC(c3cncc4oc5ccccc5c34)=N2)cc1. The number of aromatic nitrogens is 1. The Labute approximate surface area is 246 Å². The molecule has 202 valence electrons. The Morgan fingerprint density at radius 2 is 1.19 bits per heavy atom. The molecule has 1 aliphatic rings. The number of fused-ring (bicyclic) bond motifs is 8. The van der Waals surface area contributed by atoms with Crippen molar-refractivity contribution in [3.8, 4) is 0 Å². The summed E-state index contributed by atoms with van der Waals surface area (Å²) in [6, 6.07) is 42.2. The number of amidine groups is 2. The zero-order chi connectivity index (χ0) is 28.3. The molecule has 3 heterocycles. The fourth-order valence-corrected chi connectivity index (χ4v) is 6.43. The molecule has 2 aromatic heterocycles. The molecule has 1 atom stereocenters. The predicted molar refractivity (Wildman–Crippen MR) is 176 cm³/mol. The Balaban J connectivity index is 1.29. The first-order chi connectivity index (χ1) is 21.3. The average Bonchev–Trinajstić information content (AvgIpc) is 3.47. The van der Waals surface area contributed by atoms with Crippen LogP contribution in [0.4, 0.5) is 0 Å². The van der Waals surface area contributed by atoms with Gasteiger partial charge in [-0.3, -0.25) is 4.98 Å². The Morgan fingerprint density at radius 1 is 0.512 bits per heavy atom. The molecule has 0 radical (unpaired) electrons. The lowest BCUT2D eigenvalue weighted by molar-refractivity contribution is 0.667. The highest BCUT2D eigenvalue weighted by Crippen LogP contribution is 2.36. The van der Waals surface area contributed by atoms with E-state index in [0.717, 1.165) is 49.9 Å². The highest BCUT2D eigenvalue weighted by Gasteiger charge is 2.25. The summed E-state index contributed by atoms with van der Waals surface area (Å²) < 4.78 is 6.17. The Kier molecular flexibility index (Phi) is 5.19. The maximum atomic E-state index is 6.17. The van der Waals surface area contributed by atoms with Crippen LogP contribution in [0.15, 0.2) is 148 Å². The molecule has 8 aromatic rings. The van der Waals surface area contributed by atoms with Gasteiger partial charge < -0.3 is 9.73 Å². The third-order valence-electron chi connectivity index (χ3n) is 8.38. The summed E-state index contributed by atoms with van der Waals surface area (Å²) in [6.45, 7) is 0. The zero-order valence-electron chi connectivity index (χ0n) is 23.0. The lowest BCUT2D eigenvalue weighted by Gasteiger charge is -2.24. The summed E-state index contributed by atoms with van der Waals surface area (Å²) >= 11 is 0. The molecule has 1 N–H and O–H groups in total. The molecule has 5 heteroatoms. The van der Waals surface area contributed by atoms with E-state index in [9.17, 15) is 0 Å². The Morgan fingerprint density at radius 3 is 2.05 bits per heavy atom. The first-order valence-electron chi connectivity index (χ1n) is 14.4. The van der Waals surface area contributed by atoms with Crippen molar-refractivity contribution in [3.05, 3.63) is 150 Å². The molecule has 0 fully saturated rings. The number of hydrogen-bond donors (Lipinski definition) is 1. The molecule has 5 nitrogen and oxygen atoms in total. The van der Waals surface area contributed by atoms with E-state index in [2.05, 4.69) is 95.2 Å². The number of para-hydroxylation sites is 1. The van der Waals surface area contributed by atoms with Gasteiger partial charge in [0.2, 0.25) is 0 Å². The molecular formula is C38H24N4O. The summed E-state index contributed by atoms with van der Waals surface area (Å²) in [5, 5.41) is 12.9. The van der Waals surface area contributed by atoms with Crippen LogP contribution < -0.4 is 5.32 Å². The van der Waals surface area contributed by atoms with E-state index in [1.807, 2.05) is 42.6 Å². The van der Waals surface area contributed by atoms with Crippen LogP contribution >= 0.6 is 0 Å². The molecule has 1 unspecified atom stereocenters. The normalized spacial score (nSPS) is 15.2. The molecule has 0 aliphatic carbocycles. The fourth-order valence-electron chi connectivity index (χ4n) is 6.43.